The molecule has 2 fully saturated rings. The van der Waals surface area contributed by atoms with Crippen molar-refractivity contribution in [2.24, 2.45) is 5.92 Å². The Morgan fingerprint density at radius 3 is 2.22 bits per heavy atom. The standard InChI is InChI=1S/C16H21NO/c18-16(14-6-7-14)17-15-10-8-13(9-11-15)12-4-2-1-3-5-12/h1-5,13-15H,6-11H2,(H,17,18). The molecule has 0 aromatic heterocycles. The van der Waals surface area contributed by atoms with Crippen molar-refractivity contribution >= 4 is 5.91 Å². The lowest BCUT2D eigenvalue weighted by atomic mass is 9.82. The van der Waals surface area contributed by atoms with Gasteiger partial charge in [0.2, 0.25) is 5.91 Å². The molecule has 0 atom stereocenters. The van der Waals surface area contributed by atoms with E-state index >= 15 is 0 Å². The van der Waals surface area contributed by atoms with Crippen molar-refractivity contribution in [2.45, 2.75) is 50.5 Å². The Bertz CT molecular complexity index is 402. The molecule has 2 aliphatic rings. The van der Waals surface area contributed by atoms with Crippen molar-refractivity contribution in [1.29, 1.82) is 0 Å². The number of nitrogens with one attached hydrogen (secondary N) is 1. The fourth-order valence-corrected chi connectivity index (χ4v) is 2.96. The van der Waals surface area contributed by atoms with Gasteiger partial charge in [-0.25, -0.2) is 0 Å². The van der Waals surface area contributed by atoms with Gasteiger partial charge in [-0.05, 0) is 50.0 Å². The molecule has 0 aliphatic heterocycles. The van der Waals surface area contributed by atoms with E-state index in [4.69, 9.17) is 0 Å². The number of carbonyl (C=O) groups excluding carboxylic acids is 1. The third-order valence-electron chi connectivity index (χ3n) is 4.29. The molecule has 1 aromatic carbocycles. The molecule has 96 valence electrons. The Labute approximate surface area is 109 Å². The topological polar surface area (TPSA) is 29.1 Å². The molecule has 2 heteroatoms. The molecular weight excluding hydrogens is 222 g/mol. The summed E-state index contributed by atoms with van der Waals surface area (Å²) in [6.07, 6.45) is 6.89. The molecule has 3 rings (SSSR count). The van der Waals surface area contributed by atoms with Crippen LogP contribution in [0.5, 0.6) is 0 Å². The summed E-state index contributed by atoms with van der Waals surface area (Å²) in [6.45, 7) is 0. The largest absolute Gasteiger partial charge is 0.353 e. The number of rotatable bonds is 3. The van der Waals surface area contributed by atoms with Gasteiger partial charge in [0, 0.05) is 12.0 Å². The Morgan fingerprint density at radius 1 is 0.944 bits per heavy atom. The second kappa shape index (κ2) is 5.13. The van der Waals surface area contributed by atoms with Crippen molar-refractivity contribution in [2.75, 3.05) is 0 Å². The fraction of sp³-hybridized carbons (Fsp3) is 0.562. The van der Waals surface area contributed by atoms with Crippen molar-refractivity contribution < 1.29 is 4.79 Å². The fourth-order valence-electron chi connectivity index (χ4n) is 2.96. The van der Waals surface area contributed by atoms with Crippen LogP contribution >= 0.6 is 0 Å². The average molecular weight is 243 g/mol. The van der Waals surface area contributed by atoms with Crippen LogP contribution in [-0.4, -0.2) is 11.9 Å². The van der Waals surface area contributed by atoms with Gasteiger partial charge >= 0.3 is 0 Å². The Hall–Kier alpha value is -1.31. The first-order chi connectivity index (χ1) is 8.83. The third kappa shape index (κ3) is 2.74. The van der Waals surface area contributed by atoms with Crippen LogP contribution in [0.2, 0.25) is 0 Å². The zero-order valence-corrected chi connectivity index (χ0v) is 10.8. The van der Waals surface area contributed by atoms with E-state index < -0.39 is 0 Å². The van der Waals surface area contributed by atoms with E-state index in [-0.39, 0.29) is 0 Å². The first-order valence-electron chi connectivity index (χ1n) is 7.18. The van der Waals surface area contributed by atoms with E-state index in [1.54, 1.807) is 0 Å². The quantitative estimate of drug-likeness (QED) is 0.867. The zero-order valence-electron chi connectivity index (χ0n) is 10.8. The molecule has 0 unspecified atom stereocenters. The van der Waals surface area contributed by atoms with Crippen LogP contribution < -0.4 is 5.32 Å². The molecule has 18 heavy (non-hydrogen) atoms. The van der Waals surface area contributed by atoms with Crippen molar-refractivity contribution in [3.63, 3.8) is 0 Å². The molecule has 0 heterocycles. The Morgan fingerprint density at radius 2 is 1.61 bits per heavy atom. The van der Waals surface area contributed by atoms with Crippen LogP contribution in [0, 0.1) is 5.92 Å². The van der Waals surface area contributed by atoms with Gasteiger partial charge in [-0.2, -0.15) is 0 Å². The lowest BCUT2D eigenvalue weighted by Gasteiger charge is -2.29. The highest BCUT2D eigenvalue weighted by atomic mass is 16.2. The maximum Gasteiger partial charge on any atom is 0.223 e. The molecule has 2 aliphatic carbocycles. The van der Waals surface area contributed by atoms with E-state index in [0.29, 0.717) is 23.8 Å². The Balaban J connectivity index is 1.50. The van der Waals surface area contributed by atoms with E-state index in [1.807, 2.05) is 0 Å². The minimum absolute atomic E-state index is 0.304. The number of carbonyl (C=O) groups is 1. The SMILES string of the molecule is O=C(NC1CCC(c2ccccc2)CC1)C1CC1. The lowest BCUT2D eigenvalue weighted by molar-refractivity contribution is -0.123. The van der Waals surface area contributed by atoms with Crippen molar-refractivity contribution in [3.05, 3.63) is 35.9 Å². The molecule has 0 bridgehead atoms. The molecule has 1 amide bonds. The molecular formula is C16H21NO. The average Bonchev–Trinajstić information content (AvgIpc) is 3.25. The number of amides is 1. The van der Waals surface area contributed by atoms with Gasteiger partial charge in [0.05, 0.1) is 0 Å². The summed E-state index contributed by atoms with van der Waals surface area (Å²) >= 11 is 0. The Kier molecular flexibility index (Phi) is 3.35. The van der Waals surface area contributed by atoms with Gasteiger partial charge in [0.15, 0.2) is 0 Å². The highest BCUT2D eigenvalue weighted by Crippen LogP contribution is 2.34. The maximum absolute atomic E-state index is 11.7. The molecule has 1 N–H and O–H groups in total. The van der Waals surface area contributed by atoms with Crippen molar-refractivity contribution in [1.82, 2.24) is 5.32 Å². The number of hydrogen-bond donors (Lipinski definition) is 1. The molecule has 0 spiro atoms. The maximum atomic E-state index is 11.7. The minimum atomic E-state index is 0.304. The highest BCUT2D eigenvalue weighted by Gasteiger charge is 2.32. The summed E-state index contributed by atoms with van der Waals surface area (Å²) in [7, 11) is 0. The van der Waals surface area contributed by atoms with Crippen LogP contribution in [0.4, 0.5) is 0 Å². The zero-order chi connectivity index (χ0) is 12.4. The first-order valence-corrected chi connectivity index (χ1v) is 7.18. The van der Waals surface area contributed by atoms with Gasteiger partial charge in [-0.15, -0.1) is 0 Å². The van der Waals surface area contributed by atoms with Gasteiger partial charge in [0.25, 0.3) is 0 Å². The number of hydrogen-bond acceptors (Lipinski definition) is 1. The van der Waals surface area contributed by atoms with Crippen LogP contribution in [-0.2, 0) is 4.79 Å². The van der Waals surface area contributed by atoms with Crippen LogP contribution in [0.25, 0.3) is 0 Å². The summed E-state index contributed by atoms with van der Waals surface area (Å²) in [6, 6.07) is 11.2. The summed E-state index contributed by atoms with van der Waals surface area (Å²) in [4.78, 5) is 11.7. The van der Waals surface area contributed by atoms with Crippen LogP contribution in [0.15, 0.2) is 30.3 Å². The van der Waals surface area contributed by atoms with Crippen LogP contribution in [0.3, 0.4) is 0 Å². The van der Waals surface area contributed by atoms with Gasteiger partial charge in [-0.1, -0.05) is 30.3 Å². The van der Waals surface area contributed by atoms with Gasteiger partial charge in [0.1, 0.15) is 0 Å². The second-order valence-corrected chi connectivity index (χ2v) is 5.74. The smallest absolute Gasteiger partial charge is 0.223 e. The number of benzene rings is 1. The molecule has 0 saturated heterocycles. The highest BCUT2D eigenvalue weighted by molar-refractivity contribution is 5.81. The van der Waals surface area contributed by atoms with E-state index in [9.17, 15) is 4.79 Å². The minimum Gasteiger partial charge on any atom is -0.353 e. The first kappa shape index (κ1) is 11.8. The molecule has 1 aromatic rings. The normalized spacial score (nSPS) is 27.8. The molecule has 0 radical (unpaired) electrons. The predicted octanol–water partition coefficient (Wildman–Crippen LogP) is 3.24. The van der Waals surface area contributed by atoms with Crippen LogP contribution in [0.1, 0.15) is 50.0 Å². The monoisotopic (exact) mass is 243 g/mol. The summed E-state index contributed by atoms with van der Waals surface area (Å²) < 4.78 is 0. The molecule has 2 nitrogen and oxygen atoms in total. The van der Waals surface area contributed by atoms with Crippen molar-refractivity contribution in [3.8, 4) is 0 Å². The predicted molar refractivity (Wildman–Crippen MR) is 72.3 cm³/mol. The van der Waals surface area contributed by atoms with Gasteiger partial charge < -0.3 is 5.32 Å². The van der Waals surface area contributed by atoms with E-state index in [0.717, 1.165) is 25.7 Å². The second-order valence-electron chi connectivity index (χ2n) is 5.74. The third-order valence-corrected chi connectivity index (χ3v) is 4.29. The summed E-state index contributed by atoms with van der Waals surface area (Å²) in [5.41, 5.74) is 1.46. The van der Waals surface area contributed by atoms with E-state index in [1.165, 1.54) is 18.4 Å². The molecule has 2 saturated carbocycles. The lowest BCUT2D eigenvalue weighted by Crippen LogP contribution is -2.38. The van der Waals surface area contributed by atoms with Gasteiger partial charge in [-0.3, -0.25) is 4.79 Å². The summed E-state index contributed by atoms with van der Waals surface area (Å²) in [5.74, 6) is 1.34. The van der Waals surface area contributed by atoms with E-state index in [2.05, 4.69) is 35.6 Å². The summed E-state index contributed by atoms with van der Waals surface area (Å²) in [5, 5.41) is 3.21.